The van der Waals surface area contributed by atoms with E-state index in [0.29, 0.717) is 5.56 Å². The summed E-state index contributed by atoms with van der Waals surface area (Å²) in [6, 6.07) is 6.13. The van der Waals surface area contributed by atoms with Crippen LogP contribution in [-0.4, -0.2) is 18.6 Å². The Morgan fingerprint density at radius 1 is 1.31 bits per heavy atom. The van der Waals surface area contributed by atoms with Crippen molar-refractivity contribution >= 4 is 18.2 Å². The average molecular weight is 249 g/mol. The van der Waals surface area contributed by atoms with E-state index in [1.54, 1.807) is 12.1 Å². The van der Waals surface area contributed by atoms with Gasteiger partial charge in [0.25, 0.3) is 0 Å². The van der Waals surface area contributed by atoms with Crippen molar-refractivity contribution in [3.05, 3.63) is 29.8 Å². The molecule has 0 aliphatic carbocycles. The standard InChI is InChI=1S/C10H8F3O2S/c11-10(12,13)16-9-4-2-1-3-8(9)5-6-15-7-14/h1-4H,5-6H2. The molecule has 0 unspecified atom stereocenters. The molecule has 0 aliphatic heterocycles. The van der Waals surface area contributed by atoms with Crippen molar-refractivity contribution in [2.24, 2.45) is 0 Å². The van der Waals surface area contributed by atoms with Crippen LogP contribution in [0.4, 0.5) is 13.2 Å². The normalized spacial score (nSPS) is 11.2. The third kappa shape index (κ3) is 4.57. The van der Waals surface area contributed by atoms with Crippen molar-refractivity contribution in [1.82, 2.24) is 0 Å². The molecular formula is C10H8F3O2S. The maximum absolute atomic E-state index is 12.2. The molecule has 0 saturated heterocycles. The van der Waals surface area contributed by atoms with E-state index in [9.17, 15) is 18.0 Å². The van der Waals surface area contributed by atoms with Crippen LogP contribution in [0.25, 0.3) is 0 Å². The molecule has 0 aliphatic rings. The fourth-order valence-corrected chi connectivity index (χ4v) is 1.83. The number of ether oxygens (including phenoxy) is 1. The Labute approximate surface area is 94.8 Å². The summed E-state index contributed by atoms with van der Waals surface area (Å²) in [5, 5.41) is 0. The van der Waals surface area contributed by atoms with Crippen LogP contribution in [0.3, 0.4) is 0 Å². The quantitative estimate of drug-likeness (QED) is 0.593. The molecule has 0 atom stereocenters. The Bertz CT molecular complexity index is 352. The van der Waals surface area contributed by atoms with Crippen molar-refractivity contribution in [2.45, 2.75) is 16.8 Å². The van der Waals surface area contributed by atoms with E-state index in [1.807, 2.05) is 0 Å². The van der Waals surface area contributed by atoms with E-state index in [2.05, 4.69) is 4.74 Å². The minimum atomic E-state index is -4.31. The summed E-state index contributed by atoms with van der Waals surface area (Å²) in [5.74, 6) is 0. The molecule has 0 N–H and O–H groups in total. The van der Waals surface area contributed by atoms with Crippen LogP contribution in [0.5, 0.6) is 0 Å². The van der Waals surface area contributed by atoms with Gasteiger partial charge in [-0.25, -0.2) is 4.79 Å². The van der Waals surface area contributed by atoms with Gasteiger partial charge in [-0.05, 0) is 23.4 Å². The molecule has 1 rings (SSSR count). The van der Waals surface area contributed by atoms with Gasteiger partial charge >= 0.3 is 12.0 Å². The van der Waals surface area contributed by atoms with E-state index in [0.717, 1.165) is 0 Å². The third-order valence-electron chi connectivity index (χ3n) is 1.73. The molecule has 1 radical (unpaired) electrons. The first-order valence-corrected chi connectivity index (χ1v) is 5.17. The first-order chi connectivity index (χ1) is 7.53. The monoisotopic (exact) mass is 249 g/mol. The van der Waals surface area contributed by atoms with Crippen LogP contribution in [0.15, 0.2) is 29.2 Å². The van der Waals surface area contributed by atoms with Crippen LogP contribution in [0, 0.1) is 0 Å². The number of carbonyl (C=O) groups excluding carboxylic acids is 1. The van der Waals surface area contributed by atoms with Gasteiger partial charge in [0.2, 0.25) is 0 Å². The van der Waals surface area contributed by atoms with Crippen LogP contribution >= 0.6 is 11.8 Å². The fourth-order valence-electron chi connectivity index (χ4n) is 1.14. The summed E-state index contributed by atoms with van der Waals surface area (Å²) in [5.41, 5.74) is -3.81. The van der Waals surface area contributed by atoms with E-state index in [4.69, 9.17) is 0 Å². The SMILES string of the molecule is O=[C]OCCc1ccccc1SC(F)(F)F. The average Bonchev–Trinajstić information content (AvgIpc) is 2.19. The fraction of sp³-hybridized carbons (Fsp3) is 0.300. The van der Waals surface area contributed by atoms with Crippen LogP contribution in [0.2, 0.25) is 0 Å². The van der Waals surface area contributed by atoms with Crippen molar-refractivity contribution in [2.75, 3.05) is 6.61 Å². The van der Waals surface area contributed by atoms with Crippen molar-refractivity contribution in [1.29, 1.82) is 0 Å². The zero-order valence-corrected chi connectivity index (χ0v) is 8.90. The highest BCUT2D eigenvalue weighted by atomic mass is 32.2. The van der Waals surface area contributed by atoms with E-state index < -0.39 is 5.51 Å². The van der Waals surface area contributed by atoms with E-state index in [-0.39, 0.29) is 29.7 Å². The van der Waals surface area contributed by atoms with Gasteiger partial charge in [0.05, 0.1) is 6.61 Å². The van der Waals surface area contributed by atoms with Gasteiger partial charge in [-0.15, -0.1) is 0 Å². The maximum Gasteiger partial charge on any atom is 0.446 e. The lowest BCUT2D eigenvalue weighted by Crippen LogP contribution is -2.03. The number of benzene rings is 1. The van der Waals surface area contributed by atoms with Gasteiger partial charge in [-0.3, -0.25) is 0 Å². The van der Waals surface area contributed by atoms with Crippen LogP contribution < -0.4 is 0 Å². The zero-order chi connectivity index (χ0) is 12.0. The van der Waals surface area contributed by atoms with Crippen LogP contribution in [0.1, 0.15) is 5.56 Å². The number of thioether (sulfide) groups is 1. The predicted molar refractivity (Wildman–Crippen MR) is 53.7 cm³/mol. The van der Waals surface area contributed by atoms with Crippen LogP contribution in [-0.2, 0) is 16.0 Å². The Morgan fingerprint density at radius 2 is 2.00 bits per heavy atom. The highest BCUT2D eigenvalue weighted by Gasteiger charge is 2.30. The second-order valence-corrected chi connectivity index (χ2v) is 3.94. The lowest BCUT2D eigenvalue weighted by molar-refractivity contribution is -0.0328. The molecule has 0 amide bonds. The molecule has 0 fully saturated rings. The summed E-state index contributed by atoms with van der Waals surface area (Å²) in [6.07, 6.45) is 0.245. The largest absolute Gasteiger partial charge is 0.457 e. The lowest BCUT2D eigenvalue weighted by atomic mass is 10.2. The van der Waals surface area contributed by atoms with E-state index >= 15 is 0 Å². The van der Waals surface area contributed by atoms with Gasteiger partial charge in [0.15, 0.2) is 0 Å². The van der Waals surface area contributed by atoms with Gasteiger partial charge < -0.3 is 4.74 Å². The number of rotatable bonds is 5. The topological polar surface area (TPSA) is 26.3 Å². The predicted octanol–water partition coefficient (Wildman–Crippen LogP) is 2.92. The van der Waals surface area contributed by atoms with Gasteiger partial charge in [0.1, 0.15) is 0 Å². The van der Waals surface area contributed by atoms with E-state index in [1.165, 1.54) is 18.6 Å². The summed E-state index contributed by atoms with van der Waals surface area (Å²) >= 11 is -0.169. The zero-order valence-electron chi connectivity index (χ0n) is 8.08. The minimum absolute atomic E-state index is 0.0267. The molecule has 0 heterocycles. The summed E-state index contributed by atoms with van der Waals surface area (Å²) in [7, 11) is 0. The first-order valence-electron chi connectivity index (χ1n) is 4.35. The Morgan fingerprint density at radius 3 is 2.62 bits per heavy atom. The summed E-state index contributed by atoms with van der Waals surface area (Å²) in [4.78, 5) is 9.91. The Balaban J connectivity index is 2.71. The molecule has 0 bridgehead atoms. The number of halogens is 3. The highest BCUT2D eigenvalue weighted by Crippen LogP contribution is 2.38. The second kappa shape index (κ2) is 5.79. The van der Waals surface area contributed by atoms with Gasteiger partial charge in [-0.1, -0.05) is 18.2 Å². The third-order valence-corrected chi connectivity index (χ3v) is 2.58. The van der Waals surface area contributed by atoms with Gasteiger partial charge in [-0.2, -0.15) is 13.2 Å². The minimum Gasteiger partial charge on any atom is -0.457 e. The number of hydrogen-bond acceptors (Lipinski definition) is 3. The second-order valence-electron chi connectivity index (χ2n) is 2.84. The summed E-state index contributed by atoms with van der Waals surface area (Å²) in [6.45, 7) is 1.25. The molecule has 1 aromatic carbocycles. The lowest BCUT2D eigenvalue weighted by Gasteiger charge is -2.10. The molecule has 0 saturated carbocycles. The smallest absolute Gasteiger partial charge is 0.446 e. The molecular weight excluding hydrogens is 241 g/mol. The molecule has 0 aromatic heterocycles. The summed E-state index contributed by atoms with van der Waals surface area (Å²) < 4.78 is 40.9. The molecule has 0 spiro atoms. The molecule has 6 heteroatoms. The maximum atomic E-state index is 12.2. The molecule has 87 valence electrons. The molecule has 16 heavy (non-hydrogen) atoms. The molecule has 1 aromatic rings. The Kier molecular flexibility index (Phi) is 4.67. The van der Waals surface area contributed by atoms with Crippen molar-refractivity contribution in [3.8, 4) is 0 Å². The number of alkyl halides is 3. The highest BCUT2D eigenvalue weighted by molar-refractivity contribution is 8.00. The van der Waals surface area contributed by atoms with Gasteiger partial charge in [0, 0.05) is 11.3 Å². The molecule has 2 nitrogen and oxygen atoms in total. The van der Waals surface area contributed by atoms with Crippen molar-refractivity contribution < 1.29 is 22.7 Å². The van der Waals surface area contributed by atoms with Crippen molar-refractivity contribution in [3.63, 3.8) is 0 Å². The Hall–Kier alpha value is -1.17. The first kappa shape index (κ1) is 12.9. The number of hydrogen-bond donors (Lipinski definition) is 0.